The molecular formula is C14H24N2O3. The molecule has 0 rings (SSSR count). The lowest BCUT2D eigenvalue weighted by atomic mass is 10.2. The van der Waals surface area contributed by atoms with Crippen LogP contribution in [0.4, 0.5) is 0 Å². The summed E-state index contributed by atoms with van der Waals surface area (Å²) in [5, 5.41) is 0. The van der Waals surface area contributed by atoms with Crippen LogP contribution in [-0.4, -0.2) is 24.6 Å². The van der Waals surface area contributed by atoms with Crippen molar-refractivity contribution in [3.05, 3.63) is 0 Å². The number of hydrogen-bond donors (Lipinski definition) is 0. The first kappa shape index (κ1) is 17.7. The van der Waals surface area contributed by atoms with E-state index in [0.717, 1.165) is 38.5 Å². The topological polar surface area (TPSA) is 68.1 Å². The molecule has 5 heteroatoms. The Morgan fingerprint density at radius 1 is 0.842 bits per heavy atom. The van der Waals surface area contributed by atoms with Gasteiger partial charge in [-0.25, -0.2) is 9.59 Å². The van der Waals surface area contributed by atoms with E-state index in [1.807, 2.05) is 0 Å². The first-order valence-electron chi connectivity index (χ1n) is 7.07. The van der Waals surface area contributed by atoms with E-state index < -0.39 is 12.5 Å². The van der Waals surface area contributed by atoms with Gasteiger partial charge in [0, 0.05) is 0 Å². The van der Waals surface area contributed by atoms with Crippen LogP contribution in [0.5, 0.6) is 0 Å². The minimum absolute atomic E-state index is 0.548. The van der Waals surface area contributed by atoms with Crippen LogP contribution in [0.15, 0.2) is 9.98 Å². The minimum atomic E-state index is -0.548. The highest BCUT2D eigenvalue weighted by Gasteiger charge is 2.14. The van der Waals surface area contributed by atoms with Crippen LogP contribution in [0.1, 0.15) is 65.2 Å². The molecule has 0 amide bonds. The molecule has 0 bridgehead atoms. The summed E-state index contributed by atoms with van der Waals surface area (Å²) in [4.78, 5) is 28.0. The highest BCUT2D eigenvalue weighted by Crippen LogP contribution is 2.14. The third-order valence-corrected chi connectivity index (χ3v) is 2.82. The molecule has 0 saturated heterocycles. The molecule has 0 aromatic carbocycles. The van der Waals surface area contributed by atoms with Gasteiger partial charge in [0.15, 0.2) is 12.5 Å². The van der Waals surface area contributed by atoms with Crippen LogP contribution in [-0.2, 0) is 14.3 Å². The summed E-state index contributed by atoms with van der Waals surface area (Å²) in [6.07, 6.45) is 9.41. The maximum atomic E-state index is 10.4. The van der Waals surface area contributed by atoms with Gasteiger partial charge in [-0.2, -0.15) is 9.98 Å². The molecule has 0 aliphatic rings. The summed E-state index contributed by atoms with van der Waals surface area (Å²) >= 11 is 0. The van der Waals surface area contributed by atoms with Crippen molar-refractivity contribution in [2.45, 2.75) is 77.7 Å². The molecule has 0 heterocycles. The summed E-state index contributed by atoms with van der Waals surface area (Å²) in [6.45, 7) is 4.20. The first-order valence-corrected chi connectivity index (χ1v) is 7.07. The standard InChI is InChI=1S/C14H24N2O3/c1-3-5-7-9-13(15-11-17)19-14(16-12-18)10-8-6-4-2/h13-14H,3-10H2,1-2H3. The summed E-state index contributed by atoms with van der Waals surface area (Å²) in [5.41, 5.74) is 0. The number of rotatable bonds is 12. The van der Waals surface area contributed by atoms with Gasteiger partial charge >= 0.3 is 0 Å². The zero-order valence-electron chi connectivity index (χ0n) is 11.9. The van der Waals surface area contributed by atoms with E-state index in [1.165, 1.54) is 12.2 Å². The molecule has 0 saturated carbocycles. The van der Waals surface area contributed by atoms with Crippen LogP contribution in [0.25, 0.3) is 0 Å². The summed E-state index contributed by atoms with van der Waals surface area (Å²) in [7, 11) is 0. The Morgan fingerprint density at radius 2 is 1.26 bits per heavy atom. The molecule has 2 unspecified atom stereocenters. The van der Waals surface area contributed by atoms with Gasteiger partial charge in [-0.3, -0.25) is 0 Å². The van der Waals surface area contributed by atoms with Crippen LogP contribution >= 0.6 is 0 Å². The third kappa shape index (κ3) is 10.3. The predicted molar refractivity (Wildman–Crippen MR) is 73.2 cm³/mol. The fourth-order valence-electron chi connectivity index (χ4n) is 1.76. The number of hydrogen-bond acceptors (Lipinski definition) is 5. The van der Waals surface area contributed by atoms with Crippen LogP contribution < -0.4 is 0 Å². The van der Waals surface area contributed by atoms with Crippen LogP contribution in [0.3, 0.4) is 0 Å². The molecule has 5 nitrogen and oxygen atoms in total. The summed E-state index contributed by atoms with van der Waals surface area (Å²) in [5.74, 6) is 0. The van der Waals surface area contributed by atoms with Gasteiger partial charge in [-0.1, -0.05) is 39.5 Å². The van der Waals surface area contributed by atoms with E-state index in [2.05, 4.69) is 23.8 Å². The smallest absolute Gasteiger partial charge is 0.237 e. The van der Waals surface area contributed by atoms with E-state index >= 15 is 0 Å². The van der Waals surface area contributed by atoms with Gasteiger partial charge in [0.2, 0.25) is 12.2 Å². The summed E-state index contributed by atoms with van der Waals surface area (Å²) in [6, 6.07) is 0. The number of carbonyl (C=O) groups excluding carboxylic acids is 2. The van der Waals surface area contributed by atoms with E-state index in [0.29, 0.717) is 12.8 Å². The molecule has 0 spiro atoms. The fraction of sp³-hybridized carbons (Fsp3) is 0.857. The van der Waals surface area contributed by atoms with Gasteiger partial charge in [-0.15, -0.1) is 0 Å². The Labute approximate surface area is 115 Å². The van der Waals surface area contributed by atoms with Crippen molar-refractivity contribution in [1.82, 2.24) is 0 Å². The fourth-order valence-corrected chi connectivity index (χ4v) is 1.76. The Balaban J connectivity index is 4.29. The second kappa shape index (κ2) is 13.2. The minimum Gasteiger partial charge on any atom is -0.330 e. The van der Waals surface area contributed by atoms with Gasteiger partial charge in [-0.05, 0) is 25.7 Å². The first-order chi connectivity index (χ1) is 9.28. The third-order valence-electron chi connectivity index (χ3n) is 2.82. The van der Waals surface area contributed by atoms with E-state index in [4.69, 9.17) is 4.74 Å². The molecule has 0 fully saturated rings. The molecule has 19 heavy (non-hydrogen) atoms. The Kier molecular flexibility index (Phi) is 12.3. The van der Waals surface area contributed by atoms with Crippen molar-refractivity contribution < 1.29 is 14.3 Å². The quantitative estimate of drug-likeness (QED) is 0.309. The zero-order chi connectivity index (χ0) is 14.3. The number of ether oxygens (including phenoxy) is 1. The number of isocyanates is 2. The van der Waals surface area contributed by atoms with Crippen molar-refractivity contribution >= 4 is 12.2 Å². The second-order valence-corrected chi connectivity index (χ2v) is 4.48. The monoisotopic (exact) mass is 268 g/mol. The van der Waals surface area contributed by atoms with Crippen molar-refractivity contribution in [2.24, 2.45) is 9.98 Å². The largest absolute Gasteiger partial charge is 0.330 e. The Bertz CT molecular complexity index is 278. The number of unbranched alkanes of at least 4 members (excludes halogenated alkanes) is 4. The van der Waals surface area contributed by atoms with Crippen molar-refractivity contribution in [3.8, 4) is 0 Å². The second-order valence-electron chi connectivity index (χ2n) is 4.48. The highest BCUT2D eigenvalue weighted by atomic mass is 16.5. The maximum absolute atomic E-state index is 10.4. The predicted octanol–water partition coefficient (Wildman–Crippen LogP) is 3.49. The lowest BCUT2D eigenvalue weighted by Gasteiger charge is -2.17. The normalized spacial score (nSPS) is 13.2. The average molecular weight is 268 g/mol. The van der Waals surface area contributed by atoms with E-state index in [-0.39, 0.29) is 0 Å². The van der Waals surface area contributed by atoms with Crippen molar-refractivity contribution in [1.29, 1.82) is 0 Å². The van der Waals surface area contributed by atoms with E-state index in [9.17, 15) is 9.59 Å². The molecule has 0 aliphatic heterocycles. The lowest BCUT2D eigenvalue weighted by Crippen LogP contribution is -2.19. The van der Waals surface area contributed by atoms with Gasteiger partial charge in [0.05, 0.1) is 0 Å². The SMILES string of the molecule is CCCCCC(N=C=O)OC(CCCCC)N=C=O. The molecule has 0 aromatic heterocycles. The molecule has 2 atom stereocenters. The number of aliphatic imine (C=N–C) groups is 2. The summed E-state index contributed by atoms with van der Waals surface area (Å²) < 4.78 is 5.57. The molecule has 0 N–H and O–H groups in total. The van der Waals surface area contributed by atoms with Gasteiger partial charge < -0.3 is 4.74 Å². The number of nitrogens with zero attached hydrogens (tertiary/aromatic N) is 2. The van der Waals surface area contributed by atoms with Gasteiger partial charge in [0.25, 0.3) is 0 Å². The Hall–Kier alpha value is -1.28. The lowest BCUT2D eigenvalue weighted by molar-refractivity contribution is -0.0125. The molecule has 108 valence electrons. The Morgan fingerprint density at radius 3 is 1.58 bits per heavy atom. The van der Waals surface area contributed by atoms with Crippen LogP contribution in [0.2, 0.25) is 0 Å². The van der Waals surface area contributed by atoms with Gasteiger partial charge in [0.1, 0.15) is 0 Å². The molecular weight excluding hydrogens is 244 g/mol. The molecule has 0 aliphatic carbocycles. The molecule has 0 radical (unpaired) electrons. The maximum Gasteiger partial charge on any atom is 0.237 e. The zero-order valence-corrected chi connectivity index (χ0v) is 11.9. The molecule has 0 aromatic rings. The van der Waals surface area contributed by atoms with Crippen molar-refractivity contribution in [2.75, 3.05) is 0 Å². The highest BCUT2D eigenvalue weighted by molar-refractivity contribution is 5.33. The van der Waals surface area contributed by atoms with Crippen LogP contribution in [0, 0.1) is 0 Å². The van der Waals surface area contributed by atoms with E-state index in [1.54, 1.807) is 0 Å². The van der Waals surface area contributed by atoms with Crippen molar-refractivity contribution in [3.63, 3.8) is 0 Å². The average Bonchev–Trinajstić information content (AvgIpc) is 2.39.